The van der Waals surface area contributed by atoms with Crippen LogP contribution < -0.4 is 10.6 Å². The Balaban J connectivity index is 0.00000128. The predicted octanol–water partition coefficient (Wildman–Crippen LogP) is 0.780. The van der Waals surface area contributed by atoms with Gasteiger partial charge in [-0.15, -0.1) is 12.4 Å². The third-order valence-electron chi connectivity index (χ3n) is 2.50. The van der Waals surface area contributed by atoms with Gasteiger partial charge in [0.1, 0.15) is 5.82 Å². The van der Waals surface area contributed by atoms with E-state index in [9.17, 15) is 4.79 Å². The number of rotatable bonds is 5. The van der Waals surface area contributed by atoms with Crippen molar-refractivity contribution in [1.82, 2.24) is 15.1 Å². The predicted molar refractivity (Wildman–Crippen MR) is 64.7 cm³/mol. The summed E-state index contributed by atoms with van der Waals surface area (Å²) in [5.41, 5.74) is 0. The Bertz CT molecular complexity index is 348. The largest absolute Gasteiger partial charge is 0.310 e. The van der Waals surface area contributed by atoms with Gasteiger partial charge in [-0.1, -0.05) is 0 Å². The molecule has 0 bridgehead atoms. The fourth-order valence-electron chi connectivity index (χ4n) is 1.40. The van der Waals surface area contributed by atoms with Gasteiger partial charge in [0.25, 0.3) is 0 Å². The van der Waals surface area contributed by atoms with E-state index >= 15 is 0 Å². The first-order valence-corrected chi connectivity index (χ1v) is 5.24. The summed E-state index contributed by atoms with van der Waals surface area (Å²) in [6.07, 6.45) is 4.26. The molecule has 0 unspecified atom stereocenters. The van der Waals surface area contributed by atoms with Crippen molar-refractivity contribution in [3.63, 3.8) is 0 Å². The van der Waals surface area contributed by atoms with E-state index < -0.39 is 0 Å². The van der Waals surface area contributed by atoms with Crippen LogP contribution in [0.4, 0.5) is 5.82 Å². The molecule has 2 rings (SSSR count). The van der Waals surface area contributed by atoms with E-state index in [0.717, 1.165) is 18.3 Å². The first-order valence-electron chi connectivity index (χ1n) is 5.24. The maximum absolute atomic E-state index is 11.4. The maximum Gasteiger partial charge on any atom is 0.239 e. The van der Waals surface area contributed by atoms with Crippen LogP contribution >= 0.6 is 12.4 Å². The van der Waals surface area contributed by atoms with Gasteiger partial charge in [0.05, 0.1) is 12.7 Å². The molecule has 90 valence electrons. The maximum atomic E-state index is 11.4. The van der Waals surface area contributed by atoms with Crippen LogP contribution in [0.3, 0.4) is 0 Å². The average molecular weight is 245 g/mol. The molecule has 1 aromatic rings. The van der Waals surface area contributed by atoms with Gasteiger partial charge in [-0.3, -0.25) is 9.48 Å². The lowest BCUT2D eigenvalue weighted by Crippen LogP contribution is -2.30. The minimum absolute atomic E-state index is 0. The van der Waals surface area contributed by atoms with Gasteiger partial charge in [-0.05, 0) is 25.3 Å². The fourth-order valence-corrected chi connectivity index (χ4v) is 1.40. The van der Waals surface area contributed by atoms with Gasteiger partial charge in [0.15, 0.2) is 0 Å². The van der Waals surface area contributed by atoms with E-state index in [1.165, 1.54) is 12.8 Å². The molecule has 0 spiro atoms. The van der Waals surface area contributed by atoms with Crippen LogP contribution in [0, 0.1) is 5.92 Å². The van der Waals surface area contributed by atoms with Gasteiger partial charge < -0.3 is 10.6 Å². The lowest BCUT2D eigenvalue weighted by Gasteiger charge is -2.05. The first-order chi connectivity index (χ1) is 7.25. The van der Waals surface area contributed by atoms with Gasteiger partial charge in [-0.2, -0.15) is 5.10 Å². The van der Waals surface area contributed by atoms with E-state index in [1.807, 2.05) is 0 Å². The minimum Gasteiger partial charge on any atom is -0.310 e. The van der Waals surface area contributed by atoms with Crippen LogP contribution in [0.15, 0.2) is 12.3 Å². The zero-order chi connectivity index (χ0) is 10.7. The monoisotopic (exact) mass is 244 g/mol. The summed E-state index contributed by atoms with van der Waals surface area (Å²) in [7, 11) is 1.80. The second-order valence-electron chi connectivity index (χ2n) is 3.96. The Morgan fingerprint density at radius 3 is 2.94 bits per heavy atom. The quantitative estimate of drug-likeness (QED) is 0.805. The highest BCUT2D eigenvalue weighted by atomic mass is 35.5. The first kappa shape index (κ1) is 13.0. The van der Waals surface area contributed by atoms with Crippen LogP contribution in [0.5, 0.6) is 0 Å². The Hall–Kier alpha value is -1.07. The average Bonchev–Trinajstić information content (AvgIpc) is 2.93. The number of hydrogen-bond acceptors (Lipinski definition) is 3. The normalized spacial score (nSPS) is 14.3. The zero-order valence-electron chi connectivity index (χ0n) is 9.27. The third kappa shape index (κ3) is 3.83. The molecule has 1 aromatic heterocycles. The highest BCUT2D eigenvalue weighted by Crippen LogP contribution is 2.27. The molecule has 0 radical (unpaired) electrons. The Kier molecular flexibility index (Phi) is 4.76. The van der Waals surface area contributed by atoms with E-state index in [-0.39, 0.29) is 18.3 Å². The van der Waals surface area contributed by atoms with Crippen LogP contribution in [-0.4, -0.2) is 28.8 Å². The minimum atomic E-state index is -0.0146. The zero-order valence-corrected chi connectivity index (χ0v) is 10.1. The lowest BCUT2D eigenvalue weighted by molar-refractivity contribution is -0.115. The molecule has 0 aliphatic heterocycles. The molecule has 6 heteroatoms. The van der Waals surface area contributed by atoms with Gasteiger partial charge in [-0.25, -0.2) is 0 Å². The van der Waals surface area contributed by atoms with E-state index in [2.05, 4.69) is 15.7 Å². The molecule has 5 nitrogen and oxygen atoms in total. The number of anilines is 1. The van der Waals surface area contributed by atoms with Crippen molar-refractivity contribution in [1.29, 1.82) is 0 Å². The Morgan fingerprint density at radius 2 is 2.38 bits per heavy atom. The van der Waals surface area contributed by atoms with Crippen molar-refractivity contribution >= 4 is 24.1 Å². The lowest BCUT2D eigenvalue weighted by atomic mass is 10.4. The van der Waals surface area contributed by atoms with Crippen molar-refractivity contribution in [3.8, 4) is 0 Å². The van der Waals surface area contributed by atoms with Crippen LogP contribution in [0.2, 0.25) is 0 Å². The highest BCUT2D eigenvalue weighted by molar-refractivity contribution is 5.91. The molecular formula is C10H17ClN4O. The summed E-state index contributed by atoms with van der Waals surface area (Å²) in [5, 5.41) is 9.89. The van der Waals surface area contributed by atoms with Crippen molar-refractivity contribution < 1.29 is 4.79 Å². The number of nitrogens with one attached hydrogen (secondary N) is 2. The van der Waals surface area contributed by atoms with E-state index in [0.29, 0.717) is 6.54 Å². The molecular weight excluding hydrogens is 228 g/mol. The van der Waals surface area contributed by atoms with Gasteiger partial charge in [0, 0.05) is 13.1 Å². The summed E-state index contributed by atoms with van der Waals surface area (Å²) >= 11 is 0. The SMILES string of the molecule is Cl.Cn1nccc1NC(=O)CNCC1CC1. The molecule has 0 atom stereocenters. The number of aryl methyl sites for hydroxylation is 1. The van der Waals surface area contributed by atoms with Crippen molar-refractivity contribution in [3.05, 3.63) is 12.3 Å². The van der Waals surface area contributed by atoms with Crippen molar-refractivity contribution in [2.45, 2.75) is 12.8 Å². The number of carbonyl (C=O) groups excluding carboxylic acids is 1. The summed E-state index contributed by atoms with van der Waals surface area (Å²) < 4.78 is 1.64. The van der Waals surface area contributed by atoms with E-state index in [4.69, 9.17) is 0 Å². The molecule has 0 saturated heterocycles. The molecule has 1 saturated carbocycles. The molecule has 16 heavy (non-hydrogen) atoms. The number of amides is 1. The molecule has 1 heterocycles. The summed E-state index contributed by atoms with van der Waals surface area (Å²) in [6, 6.07) is 1.78. The smallest absolute Gasteiger partial charge is 0.239 e. The topological polar surface area (TPSA) is 59.0 Å². The molecule has 1 aliphatic rings. The molecule has 2 N–H and O–H groups in total. The van der Waals surface area contributed by atoms with Crippen molar-refractivity contribution in [2.75, 3.05) is 18.4 Å². The van der Waals surface area contributed by atoms with Crippen LogP contribution in [0.25, 0.3) is 0 Å². The molecule has 1 fully saturated rings. The number of nitrogens with zero attached hydrogens (tertiary/aromatic N) is 2. The molecule has 0 aromatic carbocycles. The van der Waals surface area contributed by atoms with Gasteiger partial charge >= 0.3 is 0 Å². The number of hydrogen-bond donors (Lipinski definition) is 2. The third-order valence-corrected chi connectivity index (χ3v) is 2.50. The second-order valence-corrected chi connectivity index (χ2v) is 3.96. The summed E-state index contributed by atoms with van der Waals surface area (Å²) in [5.74, 6) is 1.52. The molecule has 1 aliphatic carbocycles. The fraction of sp³-hybridized carbons (Fsp3) is 0.600. The Morgan fingerprint density at radius 1 is 1.62 bits per heavy atom. The molecule has 1 amide bonds. The Labute approximate surface area is 101 Å². The van der Waals surface area contributed by atoms with Crippen LogP contribution in [-0.2, 0) is 11.8 Å². The van der Waals surface area contributed by atoms with E-state index in [1.54, 1.807) is 24.0 Å². The summed E-state index contributed by atoms with van der Waals surface area (Å²) in [4.78, 5) is 11.4. The highest BCUT2D eigenvalue weighted by Gasteiger charge is 2.20. The number of halogens is 1. The number of aromatic nitrogens is 2. The summed E-state index contributed by atoms with van der Waals surface area (Å²) in [6.45, 7) is 1.33. The standard InChI is InChI=1S/C10H16N4O.ClH/c1-14-9(4-5-12-14)13-10(15)7-11-6-8-2-3-8;/h4-5,8,11H,2-3,6-7H2,1H3,(H,13,15);1H. The second kappa shape index (κ2) is 5.86. The number of carbonyl (C=O) groups is 1. The van der Waals surface area contributed by atoms with Crippen molar-refractivity contribution in [2.24, 2.45) is 13.0 Å². The van der Waals surface area contributed by atoms with Crippen LogP contribution in [0.1, 0.15) is 12.8 Å². The van der Waals surface area contributed by atoms with Gasteiger partial charge in [0.2, 0.25) is 5.91 Å².